The predicted molar refractivity (Wildman–Crippen MR) is 100 cm³/mol. The van der Waals surface area contributed by atoms with Gasteiger partial charge in [-0.15, -0.1) is 0 Å². The number of benzene rings is 1. The largest absolute Gasteiger partial charge is 0.462 e. The summed E-state index contributed by atoms with van der Waals surface area (Å²) in [5.74, 6) is -0.721. The molecule has 7 heteroatoms. The van der Waals surface area contributed by atoms with Crippen LogP contribution in [0.25, 0.3) is 0 Å². The summed E-state index contributed by atoms with van der Waals surface area (Å²) < 4.78 is 16.2. The summed E-state index contributed by atoms with van der Waals surface area (Å²) >= 11 is 0. The average Bonchev–Trinajstić information content (AvgIpc) is 3.05. The van der Waals surface area contributed by atoms with Gasteiger partial charge in [0, 0.05) is 6.20 Å². The smallest absolute Gasteiger partial charge is 0.418 e. The molecule has 2 rings (SSSR count). The van der Waals surface area contributed by atoms with Gasteiger partial charge in [0.2, 0.25) is 0 Å². The highest BCUT2D eigenvalue weighted by Gasteiger charge is 2.57. The molecule has 0 saturated carbocycles. The van der Waals surface area contributed by atoms with E-state index in [1.807, 2.05) is 30.3 Å². The van der Waals surface area contributed by atoms with Crippen molar-refractivity contribution in [2.24, 2.45) is 5.73 Å². The summed E-state index contributed by atoms with van der Waals surface area (Å²) in [5, 5.41) is 0. The van der Waals surface area contributed by atoms with Gasteiger partial charge in [-0.25, -0.2) is 14.5 Å². The number of hydrogen-bond acceptors (Lipinski definition) is 6. The molecule has 0 fully saturated rings. The third kappa shape index (κ3) is 4.80. The molecule has 0 spiro atoms. The molecule has 1 aliphatic heterocycles. The minimum absolute atomic E-state index is 0.136. The molecule has 1 amide bonds. The van der Waals surface area contributed by atoms with Crippen molar-refractivity contribution in [3.63, 3.8) is 0 Å². The van der Waals surface area contributed by atoms with Gasteiger partial charge in [-0.05, 0) is 46.1 Å². The molecule has 1 heterocycles. The number of aryl methyl sites for hydroxylation is 1. The van der Waals surface area contributed by atoms with Crippen LogP contribution in [0.4, 0.5) is 4.79 Å². The van der Waals surface area contributed by atoms with E-state index in [1.54, 1.807) is 27.7 Å². The van der Waals surface area contributed by atoms with E-state index >= 15 is 0 Å². The van der Waals surface area contributed by atoms with Gasteiger partial charge in [-0.3, -0.25) is 0 Å². The number of nitrogens with zero attached hydrogens (tertiary/aromatic N) is 1. The fraction of sp³-hybridized carbons (Fsp3) is 0.500. The van der Waals surface area contributed by atoms with Crippen molar-refractivity contribution in [3.8, 4) is 0 Å². The average molecular weight is 376 g/mol. The maximum Gasteiger partial charge on any atom is 0.418 e. The molecule has 1 unspecified atom stereocenters. The van der Waals surface area contributed by atoms with Gasteiger partial charge in [0.1, 0.15) is 11.9 Å². The minimum Gasteiger partial charge on any atom is -0.462 e. The zero-order valence-corrected chi connectivity index (χ0v) is 16.3. The third-order valence-electron chi connectivity index (χ3n) is 4.06. The Kier molecular flexibility index (Phi) is 6.49. The molecular formula is C20H28N2O5. The molecule has 0 aromatic heterocycles. The Morgan fingerprint density at radius 1 is 1.26 bits per heavy atom. The van der Waals surface area contributed by atoms with E-state index in [2.05, 4.69) is 0 Å². The van der Waals surface area contributed by atoms with Crippen molar-refractivity contribution < 1.29 is 23.8 Å². The van der Waals surface area contributed by atoms with Crippen LogP contribution in [0.1, 0.15) is 39.7 Å². The van der Waals surface area contributed by atoms with E-state index in [4.69, 9.17) is 19.9 Å². The van der Waals surface area contributed by atoms with Gasteiger partial charge in [-0.2, -0.15) is 0 Å². The number of nitrogens with two attached hydrogens (primary N) is 1. The first-order chi connectivity index (χ1) is 12.7. The Morgan fingerprint density at radius 2 is 1.93 bits per heavy atom. The molecular weight excluding hydrogens is 348 g/mol. The van der Waals surface area contributed by atoms with Crippen molar-refractivity contribution in [1.29, 1.82) is 0 Å². The second kappa shape index (κ2) is 8.43. The maximum atomic E-state index is 12.8. The van der Waals surface area contributed by atoms with Gasteiger partial charge >= 0.3 is 17.8 Å². The normalized spacial score (nSPS) is 20.1. The van der Waals surface area contributed by atoms with Crippen molar-refractivity contribution >= 4 is 12.1 Å². The molecule has 0 radical (unpaired) electrons. The van der Waals surface area contributed by atoms with Crippen molar-refractivity contribution in [2.45, 2.75) is 57.9 Å². The highest BCUT2D eigenvalue weighted by molar-refractivity contribution is 5.86. The fourth-order valence-electron chi connectivity index (χ4n) is 2.83. The first kappa shape index (κ1) is 20.8. The van der Waals surface area contributed by atoms with E-state index in [-0.39, 0.29) is 6.61 Å². The summed E-state index contributed by atoms with van der Waals surface area (Å²) in [6, 6.07) is 8.93. The van der Waals surface area contributed by atoms with Gasteiger partial charge in [0.25, 0.3) is 0 Å². The maximum absolute atomic E-state index is 12.8. The lowest BCUT2D eigenvalue weighted by Gasteiger charge is -2.38. The molecule has 148 valence electrons. The topological polar surface area (TPSA) is 91.1 Å². The highest BCUT2D eigenvalue weighted by atomic mass is 16.6. The third-order valence-corrected chi connectivity index (χ3v) is 4.06. The van der Waals surface area contributed by atoms with E-state index < -0.39 is 29.4 Å². The standard InChI is InChI=1S/C20H28N2O5/c1-5-25-17(23)20(16(21)12-11-15-9-7-6-8-10-15)22(13-14-26-20)18(24)27-19(2,3)4/h6-10,13-14,16H,5,11-12,21H2,1-4H3/t16-,20?/m1/s1. The monoisotopic (exact) mass is 376 g/mol. The molecule has 7 nitrogen and oxygen atoms in total. The van der Waals surface area contributed by atoms with Crippen LogP contribution in [-0.2, 0) is 25.4 Å². The van der Waals surface area contributed by atoms with Crippen LogP contribution in [0.3, 0.4) is 0 Å². The first-order valence-corrected chi connectivity index (χ1v) is 9.04. The lowest BCUT2D eigenvalue weighted by molar-refractivity contribution is -0.181. The van der Waals surface area contributed by atoms with Crippen LogP contribution in [0, 0.1) is 0 Å². The molecule has 27 heavy (non-hydrogen) atoms. The molecule has 1 aromatic carbocycles. The fourth-order valence-corrected chi connectivity index (χ4v) is 2.83. The Labute approximate surface area is 160 Å². The lowest BCUT2D eigenvalue weighted by Crippen LogP contribution is -2.65. The Balaban J connectivity index is 2.25. The highest BCUT2D eigenvalue weighted by Crippen LogP contribution is 2.32. The van der Waals surface area contributed by atoms with E-state index in [0.717, 1.165) is 10.5 Å². The van der Waals surface area contributed by atoms with Crippen molar-refractivity contribution in [1.82, 2.24) is 4.90 Å². The van der Waals surface area contributed by atoms with Crippen molar-refractivity contribution in [3.05, 3.63) is 48.4 Å². The summed E-state index contributed by atoms with van der Waals surface area (Å²) in [4.78, 5) is 26.5. The van der Waals surface area contributed by atoms with Crippen LogP contribution in [0.2, 0.25) is 0 Å². The number of esters is 1. The number of rotatable bonds is 6. The quantitative estimate of drug-likeness (QED) is 0.768. The SMILES string of the molecule is CCOC(=O)C1([C@H](N)CCc2ccccc2)OC=CN1C(=O)OC(C)(C)C. The molecule has 1 aromatic rings. The summed E-state index contributed by atoms with van der Waals surface area (Å²) in [5.41, 5.74) is 4.92. The summed E-state index contributed by atoms with van der Waals surface area (Å²) in [6.07, 6.45) is 2.93. The van der Waals surface area contributed by atoms with E-state index in [1.165, 1.54) is 12.5 Å². The van der Waals surface area contributed by atoms with Gasteiger partial charge in [0.05, 0.1) is 12.6 Å². The number of ether oxygens (including phenoxy) is 3. The zero-order valence-electron chi connectivity index (χ0n) is 16.3. The molecule has 1 aliphatic rings. The molecule has 0 saturated heterocycles. The molecule has 0 bridgehead atoms. The Morgan fingerprint density at radius 3 is 2.52 bits per heavy atom. The van der Waals surface area contributed by atoms with Crippen LogP contribution < -0.4 is 5.73 Å². The zero-order chi connectivity index (χ0) is 20.1. The van der Waals surface area contributed by atoms with Crippen LogP contribution in [0.5, 0.6) is 0 Å². The Bertz CT molecular complexity index is 683. The van der Waals surface area contributed by atoms with E-state index in [9.17, 15) is 9.59 Å². The first-order valence-electron chi connectivity index (χ1n) is 9.04. The molecule has 2 N–H and O–H groups in total. The Hall–Kier alpha value is -2.54. The van der Waals surface area contributed by atoms with E-state index in [0.29, 0.717) is 12.8 Å². The molecule has 2 atom stereocenters. The second-order valence-electron chi connectivity index (χ2n) is 7.30. The van der Waals surface area contributed by atoms with Crippen LogP contribution in [-0.4, -0.2) is 40.9 Å². The number of carbonyl (C=O) groups excluding carboxylic acids is 2. The number of carbonyl (C=O) groups is 2. The van der Waals surface area contributed by atoms with Crippen LogP contribution >= 0.6 is 0 Å². The second-order valence-corrected chi connectivity index (χ2v) is 7.30. The van der Waals surface area contributed by atoms with Gasteiger partial charge in [0.15, 0.2) is 0 Å². The van der Waals surface area contributed by atoms with Crippen molar-refractivity contribution in [2.75, 3.05) is 6.61 Å². The lowest BCUT2D eigenvalue weighted by atomic mass is 9.96. The number of amides is 1. The predicted octanol–water partition coefficient (Wildman–Crippen LogP) is 2.94. The van der Waals surface area contributed by atoms with Gasteiger partial charge in [-0.1, -0.05) is 30.3 Å². The summed E-state index contributed by atoms with van der Waals surface area (Å²) in [6.45, 7) is 7.05. The summed E-state index contributed by atoms with van der Waals surface area (Å²) in [7, 11) is 0. The van der Waals surface area contributed by atoms with Gasteiger partial charge < -0.3 is 19.9 Å². The van der Waals surface area contributed by atoms with Crippen LogP contribution in [0.15, 0.2) is 42.8 Å². The minimum atomic E-state index is -1.78. The molecule has 0 aliphatic carbocycles. The number of hydrogen-bond donors (Lipinski definition) is 1.